The highest BCUT2D eigenvalue weighted by atomic mass is 32.1. The molecule has 0 bridgehead atoms. The number of nitrogens with zero attached hydrogens (tertiary/aromatic N) is 1. The quantitative estimate of drug-likeness (QED) is 0.815. The Bertz CT molecular complexity index is 447. The molecule has 1 aliphatic heterocycles. The summed E-state index contributed by atoms with van der Waals surface area (Å²) >= 11 is 5.02. The number of rotatable bonds is 4. The largest absolute Gasteiger partial charge is 0.396 e. The minimum atomic E-state index is 0.290. The summed E-state index contributed by atoms with van der Waals surface area (Å²) in [4.78, 5) is 2.83. The summed E-state index contributed by atoms with van der Waals surface area (Å²) in [6.45, 7) is 4.43. The Kier molecular flexibility index (Phi) is 4.19. The highest BCUT2D eigenvalue weighted by Gasteiger charge is 2.22. The second kappa shape index (κ2) is 5.67. The minimum Gasteiger partial charge on any atom is -0.396 e. The summed E-state index contributed by atoms with van der Waals surface area (Å²) in [7, 11) is 0. The van der Waals surface area contributed by atoms with E-state index in [0.29, 0.717) is 10.9 Å². The van der Waals surface area contributed by atoms with Crippen molar-refractivity contribution in [3.8, 4) is 0 Å². The zero-order chi connectivity index (χ0) is 13.1. The first kappa shape index (κ1) is 13.3. The number of thiocarbonyl (C=S) groups is 1. The SMILES string of the molecule is Cc1cc(N2CCC(CCO)C2)ccc1C(N)=S. The van der Waals surface area contributed by atoms with Crippen LogP contribution in [0.25, 0.3) is 0 Å². The fourth-order valence-corrected chi connectivity index (χ4v) is 2.84. The maximum absolute atomic E-state index is 8.98. The molecule has 1 saturated heterocycles. The number of benzene rings is 1. The summed E-state index contributed by atoms with van der Waals surface area (Å²) in [6, 6.07) is 6.24. The number of anilines is 1. The van der Waals surface area contributed by atoms with Gasteiger partial charge in [-0.15, -0.1) is 0 Å². The summed E-state index contributed by atoms with van der Waals surface area (Å²) < 4.78 is 0. The van der Waals surface area contributed by atoms with E-state index >= 15 is 0 Å². The predicted molar refractivity (Wildman–Crippen MR) is 79.1 cm³/mol. The zero-order valence-electron chi connectivity index (χ0n) is 10.7. The lowest BCUT2D eigenvalue weighted by atomic mass is 10.1. The van der Waals surface area contributed by atoms with Crippen LogP contribution in [0.1, 0.15) is 24.0 Å². The van der Waals surface area contributed by atoms with Crippen LogP contribution in [-0.4, -0.2) is 29.8 Å². The van der Waals surface area contributed by atoms with Crippen LogP contribution >= 0.6 is 12.2 Å². The third-order valence-electron chi connectivity index (χ3n) is 3.66. The van der Waals surface area contributed by atoms with Crippen molar-refractivity contribution in [2.45, 2.75) is 19.8 Å². The van der Waals surface area contributed by atoms with Gasteiger partial charge in [-0.3, -0.25) is 0 Å². The Morgan fingerprint density at radius 2 is 2.33 bits per heavy atom. The average Bonchev–Trinajstić information content (AvgIpc) is 2.77. The molecular weight excluding hydrogens is 244 g/mol. The summed E-state index contributed by atoms with van der Waals surface area (Å²) in [5, 5.41) is 8.98. The maximum atomic E-state index is 8.98. The van der Waals surface area contributed by atoms with Crippen LogP contribution in [0.5, 0.6) is 0 Å². The standard InChI is InChI=1S/C14H20N2OS/c1-10-8-12(2-3-13(10)14(15)18)16-6-4-11(9-16)5-7-17/h2-3,8,11,17H,4-7,9H2,1H3,(H2,15,18). The topological polar surface area (TPSA) is 49.5 Å². The number of nitrogens with two attached hydrogens (primary N) is 1. The molecule has 4 heteroatoms. The minimum absolute atomic E-state index is 0.290. The Labute approximate surface area is 114 Å². The van der Waals surface area contributed by atoms with Gasteiger partial charge in [0.15, 0.2) is 0 Å². The Balaban J connectivity index is 2.11. The molecule has 1 heterocycles. The summed E-state index contributed by atoms with van der Waals surface area (Å²) in [5.74, 6) is 0.616. The second-order valence-corrected chi connectivity index (χ2v) is 5.42. The van der Waals surface area contributed by atoms with Crippen LogP contribution < -0.4 is 10.6 Å². The molecule has 1 unspecified atom stereocenters. The van der Waals surface area contributed by atoms with E-state index < -0.39 is 0 Å². The van der Waals surface area contributed by atoms with E-state index in [1.807, 2.05) is 13.0 Å². The Morgan fingerprint density at radius 3 is 2.94 bits per heavy atom. The first-order valence-electron chi connectivity index (χ1n) is 6.38. The summed E-state index contributed by atoms with van der Waals surface area (Å²) in [5.41, 5.74) is 8.99. The molecule has 18 heavy (non-hydrogen) atoms. The van der Waals surface area contributed by atoms with Crippen molar-refractivity contribution < 1.29 is 5.11 Å². The second-order valence-electron chi connectivity index (χ2n) is 4.98. The number of aliphatic hydroxyl groups is 1. The van der Waals surface area contributed by atoms with Crippen LogP contribution in [0.15, 0.2) is 18.2 Å². The monoisotopic (exact) mass is 264 g/mol. The Morgan fingerprint density at radius 1 is 1.56 bits per heavy atom. The third kappa shape index (κ3) is 2.82. The van der Waals surface area contributed by atoms with E-state index in [-0.39, 0.29) is 6.61 Å². The third-order valence-corrected chi connectivity index (χ3v) is 3.88. The van der Waals surface area contributed by atoms with Gasteiger partial charge in [-0.1, -0.05) is 12.2 Å². The van der Waals surface area contributed by atoms with Crippen LogP contribution in [0, 0.1) is 12.8 Å². The predicted octanol–water partition coefficient (Wildman–Crippen LogP) is 1.84. The van der Waals surface area contributed by atoms with Crippen molar-refractivity contribution in [3.05, 3.63) is 29.3 Å². The normalized spacial score (nSPS) is 19.2. The van der Waals surface area contributed by atoms with Gasteiger partial charge in [-0.25, -0.2) is 0 Å². The molecule has 0 saturated carbocycles. The molecule has 0 spiro atoms. The van der Waals surface area contributed by atoms with E-state index in [1.54, 1.807) is 0 Å². The molecule has 1 fully saturated rings. The molecule has 0 aromatic heterocycles. The Hall–Kier alpha value is -1.13. The van der Waals surface area contributed by atoms with E-state index in [9.17, 15) is 0 Å². The van der Waals surface area contributed by atoms with Gasteiger partial charge >= 0.3 is 0 Å². The van der Waals surface area contributed by atoms with Gasteiger partial charge in [-0.05, 0) is 49.4 Å². The average molecular weight is 264 g/mol. The van der Waals surface area contributed by atoms with Crippen LogP contribution in [0.4, 0.5) is 5.69 Å². The molecular formula is C14H20N2OS. The number of aryl methyl sites for hydroxylation is 1. The van der Waals surface area contributed by atoms with Gasteiger partial charge in [0.25, 0.3) is 0 Å². The first-order chi connectivity index (χ1) is 8.61. The van der Waals surface area contributed by atoms with Crippen LogP contribution in [0.3, 0.4) is 0 Å². The van der Waals surface area contributed by atoms with Gasteiger partial charge in [0.2, 0.25) is 0 Å². The lowest BCUT2D eigenvalue weighted by Crippen LogP contribution is -2.20. The molecule has 0 aliphatic carbocycles. The van der Waals surface area contributed by atoms with Crippen molar-refractivity contribution in [1.29, 1.82) is 0 Å². The molecule has 3 nitrogen and oxygen atoms in total. The van der Waals surface area contributed by atoms with E-state index in [1.165, 1.54) is 5.69 Å². The van der Waals surface area contributed by atoms with Crippen LogP contribution in [0.2, 0.25) is 0 Å². The van der Waals surface area contributed by atoms with Crippen LogP contribution in [-0.2, 0) is 0 Å². The molecule has 0 amide bonds. The molecule has 98 valence electrons. The maximum Gasteiger partial charge on any atom is 0.104 e. The zero-order valence-corrected chi connectivity index (χ0v) is 11.5. The molecule has 2 rings (SSSR count). The van der Waals surface area contributed by atoms with E-state index in [2.05, 4.69) is 17.0 Å². The molecule has 1 atom stereocenters. The smallest absolute Gasteiger partial charge is 0.104 e. The number of hydrogen-bond donors (Lipinski definition) is 2. The van der Waals surface area contributed by atoms with Crippen molar-refractivity contribution in [1.82, 2.24) is 0 Å². The fraction of sp³-hybridized carbons (Fsp3) is 0.500. The number of hydrogen-bond acceptors (Lipinski definition) is 3. The van der Waals surface area contributed by atoms with Gasteiger partial charge in [0.05, 0.1) is 0 Å². The van der Waals surface area contributed by atoms with Gasteiger partial charge in [0.1, 0.15) is 4.99 Å². The summed E-state index contributed by atoms with van der Waals surface area (Å²) in [6.07, 6.45) is 2.07. The lowest BCUT2D eigenvalue weighted by Gasteiger charge is -2.20. The molecule has 0 radical (unpaired) electrons. The highest BCUT2D eigenvalue weighted by Crippen LogP contribution is 2.27. The highest BCUT2D eigenvalue weighted by molar-refractivity contribution is 7.80. The number of aliphatic hydroxyl groups excluding tert-OH is 1. The van der Waals surface area contributed by atoms with Gasteiger partial charge in [-0.2, -0.15) is 0 Å². The molecule has 1 aliphatic rings. The first-order valence-corrected chi connectivity index (χ1v) is 6.79. The van der Waals surface area contributed by atoms with Crippen molar-refractivity contribution in [2.75, 3.05) is 24.6 Å². The van der Waals surface area contributed by atoms with Crippen molar-refractivity contribution >= 4 is 22.9 Å². The lowest BCUT2D eigenvalue weighted by molar-refractivity contribution is 0.263. The van der Waals surface area contributed by atoms with Crippen molar-refractivity contribution in [2.24, 2.45) is 11.7 Å². The van der Waals surface area contributed by atoms with Gasteiger partial charge < -0.3 is 15.7 Å². The van der Waals surface area contributed by atoms with E-state index in [0.717, 1.165) is 37.1 Å². The fourth-order valence-electron chi connectivity index (χ4n) is 2.61. The molecule has 1 aromatic rings. The van der Waals surface area contributed by atoms with Crippen molar-refractivity contribution in [3.63, 3.8) is 0 Å². The molecule has 3 N–H and O–H groups in total. The van der Waals surface area contributed by atoms with Gasteiger partial charge in [0, 0.05) is 30.9 Å². The van der Waals surface area contributed by atoms with E-state index in [4.69, 9.17) is 23.1 Å². The molecule has 1 aromatic carbocycles.